The maximum Gasteiger partial charge on any atom is 0.0924 e. The van der Waals surface area contributed by atoms with Gasteiger partial charge < -0.3 is 5.11 Å². The molecule has 1 nitrogen and oxygen atoms in total. The van der Waals surface area contributed by atoms with Crippen molar-refractivity contribution < 1.29 is 5.11 Å². The molecule has 0 heterocycles. The molecule has 1 N–H and O–H groups in total. The highest BCUT2D eigenvalue weighted by atomic mass is 16.3. The average molecular weight is 246 g/mol. The Balaban J connectivity index is 2.22. The van der Waals surface area contributed by atoms with Crippen molar-refractivity contribution in [2.24, 2.45) is 11.8 Å². The molecule has 1 aliphatic rings. The van der Waals surface area contributed by atoms with Gasteiger partial charge in [-0.2, -0.15) is 0 Å². The summed E-state index contributed by atoms with van der Waals surface area (Å²) < 4.78 is 0. The van der Waals surface area contributed by atoms with E-state index < -0.39 is 5.60 Å². The van der Waals surface area contributed by atoms with E-state index in [2.05, 4.69) is 45.0 Å². The highest BCUT2D eigenvalue weighted by Crippen LogP contribution is 2.43. The molecule has 1 aliphatic carbocycles. The molecule has 2 rings (SSSR count). The summed E-state index contributed by atoms with van der Waals surface area (Å²) in [7, 11) is 0. The van der Waals surface area contributed by atoms with E-state index in [1.165, 1.54) is 18.4 Å². The molecule has 1 aromatic rings. The van der Waals surface area contributed by atoms with Crippen molar-refractivity contribution in [1.29, 1.82) is 0 Å². The van der Waals surface area contributed by atoms with Crippen LogP contribution >= 0.6 is 0 Å². The predicted molar refractivity (Wildman–Crippen MR) is 76.5 cm³/mol. The second-order valence-electron chi connectivity index (χ2n) is 6.16. The van der Waals surface area contributed by atoms with Crippen LogP contribution in [0, 0.1) is 11.8 Å². The minimum atomic E-state index is -0.609. The van der Waals surface area contributed by atoms with Gasteiger partial charge in [0, 0.05) is 0 Å². The Labute approximate surface area is 111 Å². The molecule has 1 fully saturated rings. The van der Waals surface area contributed by atoms with E-state index in [9.17, 15) is 5.11 Å². The van der Waals surface area contributed by atoms with Crippen LogP contribution < -0.4 is 0 Å². The van der Waals surface area contributed by atoms with Crippen LogP contribution in [0.2, 0.25) is 0 Å². The van der Waals surface area contributed by atoms with Crippen LogP contribution in [0.5, 0.6) is 0 Å². The second-order valence-corrected chi connectivity index (χ2v) is 6.16. The molecule has 1 saturated carbocycles. The fraction of sp³-hybridized carbons (Fsp3) is 0.647. The monoisotopic (exact) mass is 246 g/mol. The van der Waals surface area contributed by atoms with Gasteiger partial charge in [0.25, 0.3) is 0 Å². The second kappa shape index (κ2) is 5.44. The maximum absolute atomic E-state index is 11.0. The van der Waals surface area contributed by atoms with Crippen molar-refractivity contribution in [3.8, 4) is 0 Å². The van der Waals surface area contributed by atoms with Gasteiger partial charge in [-0.3, -0.25) is 0 Å². The van der Waals surface area contributed by atoms with E-state index in [0.29, 0.717) is 11.8 Å². The van der Waals surface area contributed by atoms with Gasteiger partial charge in [0.1, 0.15) is 0 Å². The largest absolute Gasteiger partial charge is 0.385 e. The summed E-state index contributed by atoms with van der Waals surface area (Å²) in [5.41, 5.74) is 1.88. The molecule has 0 aromatic heterocycles. The molecule has 0 aliphatic heterocycles. The van der Waals surface area contributed by atoms with Gasteiger partial charge in [0.2, 0.25) is 0 Å². The lowest BCUT2D eigenvalue weighted by Crippen LogP contribution is -2.39. The van der Waals surface area contributed by atoms with Gasteiger partial charge in [0.05, 0.1) is 5.60 Å². The van der Waals surface area contributed by atoms with Gasteiger partial charge in [-0.15, -0.1) is 0 Å². The van der Waals surface area contributed by atoms with Crippen molar-refractivity contribution in [2.75, 3.05) is 0 Å². The summed E-state index contributed by atoms with van der Waals surface area (Å²) in [4.78, 5) is 0. The zero-order chi connectivity index (χ0) is 13.2. The van der Waals surface area contributed by atoms with Gasteiger partial charge in [0.15, 0.2) is 0 Å². The molecule has 0 saturated heterocycles. The summed E-state index contributed by atoms with van der Waals surface area (Å²) in [6, 6.07) is 8.64. The molecule has 1 heteroatoms. The number of rotatable bonds is 3. The lowest BCUT2D eigenvalue weighted by atomic mass is 9.69. The number of aryl methyl sites for hydroxylation is 1. The molecule has 3 atom stereocenters. The average Bonchev–Trinajstić information content (AvgIpc) is 2.35. The quantitative estimate of drug-likeness (QED) is 0.844. The number of benzene rings is 1. The van der Waals surface area contributed by atoms with E-state index >= 15 is 0 Å². The molecular weight excluding hydrogens is 220 g/mol. The van der Waals surface area contributed by atoms with Crippen LogP contribution in [0.4, 0.5) is 0 Å². The van der Waals surface area contributed by atoms with Gasteiger partial charge in [-0.05, 0) is 42.2 Å². The van der Waals surface area contributed by atoms with Crippen LogP contribution in [0.3, 0.4) is 0 Å². The summed E-state index contributed by atoms with van der Waals surface area (Å²) in [6.07, 6.45) is 5.59. The Kier molecular flexibility index (Phi) is 4.11. The highest BCUT2D eigenvalue weighted by molar-refractivity contribution is 5.28. The molecule has 100 valence electrons. The first-order chi connectivity index (χ1) is 8.56. The van der Waals surface area contributed by atoms with Crippen molar-refractivity contribution in [2.45, 2.75) is 58.5 Å². The standard InChI is InChI=1S/C17H26O/c1-4-5-15-8-10-16(11-9-15)17(18)12-13(2)6-7-14(17)3/h8-11,13-14,18H,4-7,12H2,1-3H3. The van der Waals surface area contributed by atoms with Crippen LogP contribution in [-0.4, -0.2) is 5.11 Å². The first-order valence-electron chi connectivity index (χ1n) is 7.38. The zero-order valence-electron chi connectivity index (χ0n) is 11.9. The first kappa shape index (κ1) is 13.6. The van der Waals surface area contributed by atoms with Crippen molar-refractivity contribution in [1.82, 2.24) is 0 Å². The summed E-state index contributed by atoms with van der Waals surface area (Å²) in [6.45, 7) is 6.64. The zero-order valence-corrected chi connectivity index (χ0v) is 11.9. The Hall–Kier alpha value is -0.820. The lowest BCUT2D eigenvalue weighted by molar-refractivity contribution is -0.0627. The first-order valence-corrected chi connectivity index (χ1v) is 7.38. The number of hydrogen-bond donors (Lipinski definition) is 1. The molecule has 0 amide bonds. The highest BCUT2D eigenvalue weighted by Gasteiger charge is 2.39. The van der Waals surface area contributed by atoms with Crippen LogP contribution in [0.1, 0.15) is 57.6 Å². The maximum atomic E-state index is 11.0. The Morgan fingerprint density at radius 1 is 1.17 bits per heavy atom. The lowest BCUT2D eigenvalue weighted by Gasteiger charge is -2.41. The van der Waals surface area contributed by atoms with Gasteiger partial charge >= 0.3 is 0 Å². The van der Waals surface area contributed by atoms with Crippen molar-refractivity contribution in [3.05, 3.63) is 35.4 Å². The smallest absolute Gasteiger partial charge is 0.0924 e. The van der Waals surface area contributed by atoms with Crippen LogP contribution in [0.25, 0.3) is 0 Å². The summed E-state index contributed by atoms with van der Waals surface area (Å²) in [5.74, 6) is 0.993. The van der Waals surface area contributed by atoms with Gasteiger partial charge in [-0.1, -0.05) is 57.9 Å². The Bertz CT molecular complexity index is 381. The molecule has 0 radical (unpaired) electrons. The minimum Gasteiger partial charge on any atom is -0.385 e. The van der Waals surface area contributed by atoms with E-state index in [1.807, 2.05) is 0 Å². The predicted octanol–water partition coefficient (Wildman–Crippen LogP) is 4.28. The summed E-state index contributed by atoms with van der Waals surface area (Å²) >= 11 is 0. The van der Waals surface area contributed by atoms with Crippen LogP contribution in [0.15, 0.2) is 24.3 Å². The number of hydrogen-bond acceptors (Lipinski definition) is 1. The molecule has 1 aromatic carbocycles. The SMILES string of the molecule is CCCc1ccc(C2(O)CC(C)CCC2C)cc1. The van der Waals surface area contributed by atoms with Crippen molar-refractivity contribution in [3.63, 3.8) is 0 Å². The van der Waals surface area contributed by atoms with E-state index in [-0.39, 0.29) is 0 Å². The fourth-order valence-corrected chi connectivity index (χ4v) is 3.26. The van der Waals surface area contributed by atoms with E-state index in [0.717, 1.165) is 24.8 Å². The third kappa shape index (κ3) is 2.61. The molecule has 0 bridgehead atoms. The molecule has 3 unspecified atom stereocenters. The molecule has 18 heavy (non-hydrogen) atoms. The van der Waals surface area contributed by atoms with Crippen LogP contribution in [-0.2, 0) is 12.0 Å². The normalized spacial score (nSPS) is 32.4. The topological polar surface area (TPSA) is 20.2 Å². The van der Waals surface area contributed by atoms with Crippen molar-refractivity contribution >= 4 is 0 Å². The molecule has 0 spiro atoms. The Morgan fingerprint density at radius 3 is 2.44 bits per heavy atom. The number of aliphatic hydroxyl groups is 1. The fourth-order valence-electron chi connectivity index (χ4n) is 3.26. The summed E-state index contributed by atoms with van der Waals surface area (Å²) in [5, 5.41) is 11.0. The third-order valence-electron chi connectivity index (χ3n) is 4.56. The molecular formula is C17H26O. The van der Waals surface area contributed by atoms with E-state index in [1.54, 1.807) is 0 Å². The van der Waals surface area contributed by atoms with E-state index in [4.69, 9.17) is 0 Å². The Morgan fingerprint density at radius 2 is 1.83 bits per heavy atom. The third-order valence-corrected chi connectivity index (χ3v) is 4.56. The van der Waals surface area contributed by atoms with Gasteiger partial charge in [-0.25, -0.2) is 0 Å². The minimum absolute atomic E-state index is 0.366.